The van der Waals surface area contributed by atoms with Crippen LogP contribution in [0.25, 0.3) is 0 Å². The van der Waals surface area contributed by atoms with E-state index in [4.69, 9.17) is 0 Å². The monoisotopic (exact) mass is 514 g/mol. The number of hydrogen-bond acceptors (Lipinski definition) is 3. The number of benzene rings is 2. The molecule has 0 spiro atoms. The first-order chi connectivity index (χ1) is 17.2. The van der Waals surface area contributed by atoms with Crippen LogP contribution in [0.3, 0.4) is 0 Å². The quantitative estimate of drug-likeness (QED) is 0.362. The van der Waals surface area contributed by atoms with Gasteiger partial charge in [0.15, 0.2) is 0 Å². The minimum atomic E-state index is -4.55. The van der Waals surface area contributed by atoms with E-state index < -0.39 is 17.6 Å². The molecule has 1 atom stereocenters. The molecule has 2 aromatic carbocycles. The van der Waals surface area contributed by atoms with Gasteiger partial charge < -0.3 is 9.80 Å². The zero-order chi connectivity index (χ0) is 25.9. The van der Waals surface area contributed by atoms with Gasteiger partial charge in [0.05, 0.1) is 11.6 Å². The molecular formula is C28H29F3N2O2S. The second-order valence-corrected chi connectivity index (χ2v) is 10.1. The standard InChI is InChI=1S/C28H29F3N2O2S/c1-3-4-14-32(27(35)20-9-7-10-21(17-20)28(29,30)31)18-25(34)33-15-12-24-23(13-16-36-24)26(33)22-11-6-5-8-19(22)2/h5-11,13,16-17,26H,3-4,12,14-15,18H2,1-2H3. The lowest BCUT2D eigenvalue weighted by molar-refractivity contribution is -0.137. The molecule has 1 aliphatic rings. The van der Waals surface area contributed by atoms with Crippen LogP contribution >= 0.6 is 11.3 Å². The van der Waals surface area contributed by atoms with Gasteiger partial charge in [0.1, 0.15) is 6.54 Å². The van der Waals surface area contributed by atoms with E-state index in [1.54, 1.807) is 11.3 Å². The zero-order valence-electron chi connectivity index (χ0n) is 20.3. The maximum Gasteiger partial charge on any atom is 0.416 e. The summed E-state index contributed by atoms with van der Waals surface area (Å²) >= 11 is 1.68. The van der Waals surface area contributed by atoms with Gasteiger partial charge in [-0.1, -0.05) is 43.7 Å². The van der Waals surface area contributed by atoms with Crippen LogP contribution in [0, 0.1) is 6.92 Å². The van der Waals surface area contributed by atoms with E-state index in [-0.39, 0.29) is 24.1 Å². The predicted molar refractivity (Wildman–Crippen MR) is 135 cm³/mol. The number of thiophene rings is 1. The Hall–Kier alpha value is -3.13. The number of alkyl halides is 3. The molecule has 0 aliphatic carbocycles. The van der Waals surface area contributed by atoms with Crippen LogP contribution in [0.2, 0.25) is 0 Å². The van der Waals surface area contributed by atoms with E-state index in [1.165, 1.54) is 21.9 Å². The van der Waals surface area contributed by atoms with Crippen LogP contribution in [0.15, 0.2) is 60.0 Å². The molecule has 4 nitrogen and oxygen atoms in total. The Kier molecular flexibility index (Phi) is 7.83. The fourth-order valence-electron chi connectivity index (χ4n) is 4.68. The Morgan fingerprint density at radius 3 is 2.58 bits per heavy atom. The van der Waals surface area contributed by atoms with E-state index in [2.05, 4.69) is 6.07 Å². The second-order valence-electron chi connectivity index (χ2n) is 9.05. The molecule has 1 unspecified atom stereocenters. The van der Waals surface area contributed by atoms with Gasteiger partial charge in [0.25, 0.3) is 5.91 Å². The lowest BCUT2D eigenvalue weighted by Gasteiger charge is -2.38. The molecule has 0 bridgehead atoms. The Labute approximate surface area is 213 Å². The molecule has 0 fully saturated rings. The first-order valence-corrected chi connectivity index (χ1v) is 13.0. The second kappa shape index (κ2) is 10.9. The van der Waals surface area contributed by atoms with Gasteiger partial charge in [-0.3, -0.25) is 9.59 Å². The third-order valence-electron chi connectivity index (χ3n) is 6.60. The van der Waals surface area contributed by atoms with Gasteiger partial charge in [-0.15, -0.1) is 11.3 Å². The highest BCUT2D eigenvalue weighted by molar-refractivity contribution is 7.10. The number of hydrogen-bond donors (Lipinski definition) is 0. The van der Waals surface area contributed by atoms with Gasteiger partial charge >= 0.3 is 6.18 Å². The molecule has 0 radical (unpaired) electrons. The van der Waals surface area contributed by atoms with Crippen LogP contribution in [-0.2, 0) is 17.4 Å². The van der Waals surface area contributed by atoms with Crippen molar-refractivity contribution in [2.24, 2.45) is 0 Å². The van der Waals surface area contributed by atoms with Gasteiger partial charge in [-0.25, -0.2) is 0 Å². The van der Waals surface area contributed by atoms with Crippen molar-refractivity contribution in [3.63, 3.8) is 0 Å². The molecule has 190 valence electrons. The molecule has 1 aliphatic heterocycles. The first-order valence-electron chi connectivity index (χ1n) is 12.1. The number of amides is 2. The van der Waals surface area contributed by atoms with Gasteiger partial charge in [0, 0.05) is 23.5 Å². The molecule has 8 heteroatoms. The summed E-state index contributed by atoms with van der Waals surface area (Å²) in [7, 11) is 0. The highest BCUT2D eigenvalue weighted by Gasteiger charge is 2.35. The molecule has 36 heavy (non-hydrogen) atoms. The first kappa shape index (κ1) is 25.9. The van der Waals surface area contributed by atoms with Crippen molar-refractivity contribution < 1.29 is 22.8 Å². The number of unbranched alkanes of at least 4 members (excludes halogenated alkanes) is 1. The summed E-state index contributed by atoms with van der Waals surface area (Å²) in [5.41, 5.74) is 2.26. The van der Waals surface area contributed by atoms with E-state index >= 15 is 0 Å². The van der Waals surface area contributed by atoms with E-state index in [1.807, 2.05) is 48.4 Å². The van der Waals surface area contributed by atoms with Gasteiger partial charge in [0.2, 0.25) is 5.91 Å². The molecule has 3 aromatic rings. The lowest BCUT2D eigenvalue weighted by atomic mass is 9.90. The topological polar surface area (TPSA) is 40.6 Å². The Balaban J connectivity index is 1.63. The summed E-state index contributed by atoms with van der Waals surface area (Å²) in [4.78, 5) is 31.5. The van der Waals surface area contributed by atoms with Crippen LogP contribution in [0.4, 0.5) is 13.2 Å². The third-order valence-corrected chi connectivity index (χ3v) is 7.60. The normalized spacial score (nSPS) is 15.5. The smallest absolute Gasteiger partial charge is 0.330 e. The average molecular weight is 515 g/mol. The number of halogens is 3. The van der Waals surface area contributed by atoms with Gasteiger partial charge in [-0.05, 0) is 66.1 Å². The number of aryl methyl sites for hydroxylation is 1. The average Bonchev–Trinajstić information content (AvgIpc) is 3.34. The Morgan fingerprint density at radius 2 is 1.86 bits per heavy atom. The molecule has 4 rings (SSSR count). The molecular weight excluding hydrogens is 485 g/mol. The maximum absolute atomic E-state index is 13.7. The van der Waals surface area contributed by atoms with Crippen LogP contribution in [0.5, 0.6) is 0 Å². The van der Waals surface area contributed by atoms with Crippen molar-refractivity contribution in [2.75, 3.05) is 19.6 Å². The van der Waals surface area contributed by atoms with Crippen molar-refractivity contribution in [3.8, 4) is 0 Å². The van der Waals surface area contributed by atoms with Crippen LogP contribution in [-0.4, -0.2) is 41.2 Å². The van der Waals surface area contributed by atoms with Crippen LogP contribution in [0.1, 0.15) is 63.3 Å². The van der Waals surface area contributed by atoms with E-state index in [9.17, 15) is 22.8 Å². The molecule has 2 amide bonds. The lowest BCUT2D eigenvalue weighted by Crippen LogP contribution is -2.47. The molecule has 2 heterocycles. The minimum Gasteiger partial charge on any atom is -0.330 e. The Bertz CT molecular complexity index is 1240. The summed E-state index contributed by atoms with van der Waals surface area (Å²) in [6.45, 7) is 4.61. The molecule has 0 N–H and O–H groups in total. The SMILES string of the molecule is CCCCN(CC(=O)N1CCc2sccc2C1c1ccccc1C)C(=O)c1cccc(C(F)(F)F)c1. The van der Waals surface area contributed by atoms with Crippen LogP contribution < -0.4 is 0 Å². The number of fused-ring (bicyclic) bond motifs is 1. The molecule has 1 aromatic heterocycles. The van der Waals surface area contributed by atoms with Gasteiger partial charge in [-0.2, -0.15) is 13.2 Å². The van der Waals surface area contributed by atoms with Crippen molar-refractivity contribution in [1.82, 2.24) is 9.80 Å². The predicted octanol–water partition coefficient (Wildman–Crippen LogP) is 6.49. The molecule has 0 saturated carbocycles. The van der Waals surface area contributed by atoms with E-state index in [0.29, 0.717) is 19.5 Å². The summed E-state index contributed by atoms with van der Waals surface area (Å²) in [5, 5.41) is 2.04. The van der Waals surface area contributed by atoms with Crippen molar-refractivity contribution in [2.45, 2.75) is 45.3 Å². The zero-order valence-corrected chi connectivity index (χ0v) is 21.2. The third kappa shape index (κ3) is 5.48. The largest absolute Gasteiger partial charge is 0.416 e. The fourth-order valence-corrected chi connectivity index (χ4v) is 5.58. The maximum atomic E-state index is 13.7. The summed E-state index contributed by atoms with van der Waals surface area (Å²) in [5.74, 6) is -0.778. The number of nitrogens with zero attached hydrogens (tertiary/aromatic N) is 2. The molecule has 0 saturated heterocycles. The van der Waals surface area contributed by atoms with Crippen molar-refractivity contribution >= 4 is 23.2 Å². The van der Waals surface area contributed by atoms with Crippen molar-refractivity contribution in [1.29, 1.82) is 0 Å². The number of carbonyl (C=O) groups is 2. The van der Waals surface area contributed by atoms with Crippen molar-refractivity contribution in [3.05, 3.63) is 92.7 Å². The highest BCUT2D eigenvalue weighted by atomic mass is 32.1. The summed E-state index contributed by atoms with van der Waals surface area (Å²) < 4.78 is 39.7. The summed E-state index contributed by atoms with van der Waals surface area (Å²) in [6, 6.07) is 14.2. The number of carbonyl (C=O) groups excluding carboxylic acids is 2. The Morgan fingerprint density at radius 1 is 1.08 bits per heavy atom. The van der Waals surface area contributed by atoms with E-state index in [0.717, 1.165) is 41.7 Å². The summed E-state index contributed by atoms with van der Waals surface area (Å²) in [6.07, 6.45) is -2.38. The number of rotatable bonds is 7. The highest BCUT2D eigenvalue weighted by Crippen LogP contribution is 2.39. The minimum absolute atomic E-state index is 0.0667. The fraction of sp³-hybridized carbons (Fsp3) is 0.357.